The molecule has 0 heterocycles. The Morgan fingerprint density at radius 1 is 1.33 bits per heavy atom. The van der Waals surface area contributed by atoms with Gasteiger partial charge in [-0.05, 0) is 41.1 Å². The van der Waals surface area contributed by atoms with Crippen molar-refractivity contribution in [3.05, 3.63) is 22.7 Å². The minimum Gasteiger partial charge on any atom is -0.465 e. The molecule has 0 aliphatic heterocycles. The number of sulfone groups is 1. The number of nitrogens with two attached hydrogens (primary N) is 1. The molecule has 0 unspecified atom stereocenters. The molecule has 0 bridgehead atoms. The van der Waals surface area contributed by atoms with Crippen molar-refractivity contribution in [3.8, 4) is 0 Å². The maximum atomic E-state index is 11.7. The highest BCUT2D eigenvalue weighted by atomic mass is 79.9. The third kappa shape index (κ3) is 6.13. The van der Waals surface area contributed by atoms with Crippen molar-refractivity contribution >= 4 is 49.0 Å². The van der Waals surface area contributed by atoms with E-state index in [0.29, 0.717) is 15.8 Å². The van der Waals surface area contributed by atoms with Crippen molar-refractivity contribution in [1.29, 1.82) is 0 Å². The summed E-state index contributed by atoms with van der Waals surface area (Å²) in [4.78, 5) is 22.8. The molecular formula is C12H15BrN2O5S. The molecule has 1 aromatic rings. The molecule has 0 aromatic heterocycles. The van der Waals surface area contributed by atoms with Gasteiger partial charge < -0.3 is 15.8 Å². The van der Waals surface area contributed by atoms with Crippen LogP contribution in [0.1, 0.15) is 6.92 Å². The van der Waals surface area contributed by atoms with Gasteiger partial charge >= 0.3 is 5.97 Å². The van der Waals surface area contributed by atoms with Crippen LogP contribution in [0, 0.1) is 0 Å². The van der Waals surface area contributed by atoms with E-state index < -0.39 is 33.2 Å². The molecule has 0 saturated carbocycles. The lowest BCUT2D eigenvalue weighted by atomic mass is 10.3. The van der Waals surface area contributed by atoms with E-state index in [9.17, 15) is 18.0 Å². The van der Waals surface area contributed by atoms with Gasteiger partial charge in [0, 0.05) is 10.2 Å². The van der Waals surface area contributed by atoms with Crippen LogP contribution in [-0.2, 0) is 24.2 Å². The number of halogens is 1. The molecule has 0 atom stereocenters. The van der Waals surface area contributed by atoms with Crippen LogP contribution in [0.2, 0.25) is 0 Å². The van der Waals surface area contributed by atoms with E-state index >= 15 is 0 Å². The fraction of sp³-hybridized carbons (Fsp3) is 0.333. The lowest BCUT2D eigenvalue weighted by Gasteiger charge is -2.08. The highest BCUT2D eigenvalue weighted by Gasteiger charge is 2.22. The minimum atomic E-state index is -3.87. The van der Waals surface area contributed by atoms with Crippen LogP contribution >= 0.6 is 15.9 Å². The number of rotatable bonds is 6. The monoisotopic (exact) mass is 378 g/mol. The van der Waals surface area contributed by atoms with Crippen LogP contribution in [0.3, 0.4) is 0 Å². The number of anilines is 2. The van der Waals surface area contributed by atoms with E-state index in [1.807, 2.05) is 0 Å². The second-order valence-corrected chi connectivity index (χ2v) is 7.04. The highest BCUT2D eigenvalue weighted by molar-refractivity contribution is 9.10. The van der Waals surface area contributed by atoms with E-state index in [0.717, 1.165) is 0 Å². The van der Waals surface area contributed by atoms with Crippen molar-refractivity contribution in [2.24, 2.45) is 0 Å². The van der Waals surface area contributed by atoms with Crippen molar-refractivity contribution in [1.82, 2.24) is 0 Å². The topological polar surface area (TPSA) is 116 Å². The number of hydrogen-bond donors (Lipinski definition) is 2. The average Bonchev–Trinajstić information content (AvgIpc) is 2.31. The second-order valence-electron chi connectivity index (χ2n) is 4.12. The lowest BCUT2D eigenvalue weighted by molar-refractivity contribution is -0.139. The molecule has 3 N–H and O–H groups in total. The molecule has 9 heteroatoms. The molecule has 1 aromatic carbocycles. The summed E-state index contributed by atoms with van der Waals surface area (Å²) in [6, 6.07) is 4.67. The van der Waals surface area contributed by atoms with Gasteiger partial charge in [0.2, 0.25) is 5.91 Å². The summed E-state index contributed by atoms with van der Waals surface area (Å²) in [5.41, 5.74) is 6.44. The summed E-state index contributed by atoms with van der Waals surface area (Å²) < 4.78 is 28.4. The number of carbonyl (C=O) groups is 2. The zero-order valence-electron chi connectivity index (χ0n) is 11.3. The quantitative estimate of drug-likeness (QED) is 0.562. The number of esters is 1. The first kappa shape index (κ1) is 17.4. The maximum absolute atomic E-state index is 11.7. The largest absolute Gasteiger partial charge is 0.465 e. The molecule has 0 aliphatic rings. The van der Waals surface area contributed by atoms with E-state index in [1.165, 1.54) is 6.07 Å². The van der Waals surface area contributed by atoms with Gasteiger partial charge in [-0.25, -0.2) is 8.42 Å². The third-order valence-corrected chi connectivity index (χ3v) is 4.29. The predicted octanol–water partition coefficient (Wildman–Crippen LogP) is 0.948. The van der Waals surface area contributed by atoms with Crippen molar-refractivity contribution in [3.63, 3.8) is 0 Å². The molecule has 0 saturated heterocycles. The zero-order chi connectivity index (χ0) is 16.0. The van der Waals surface area contributed by atoms with Crippen LogP contribution in [0.4, 0.5) is 11.4 Å². The van der Waals surface area contributed by atoms with Crippen molar-refractivity contribution in [2.75, 3.05) is 29.2 Å². The Kier molecular flexibility index (Phi) is 6.16. The number of hydrogen-bond acceptors (Lipinski definition) is 6. The molecule has 7 nitrogen and oxygen atoms in total. The number of carbonyl (C=O) groups excluding carboxylic acids is 2. The summed E-state index contributed by atoms with van der Waals surface area (Å²) in [6.45, 7) is 1.65. The van der Waals surface area contributed by atoms with Gasteiger partial charge in [0.15, 0.2) is 9.84 Å². The molecule has 1 amide bonds. The Morgan fingerprint density at radius 3 is 2.57 bits per heavy atom. The Morgan fingerprint density at radius 2 is 2.00 bits per heavy atom. The van der Waals surface area contributed by atoms with Crippen molar-refractivity contribution < 1.29 is 22.7 Å². The Balaban J connectivity index is 2.66. The van der Waals surface area contributed by atoms with Crippen LogP contribution < -0.4 is 11.1 Å². The van der Waals surface area contributed by atoms with Gasteiger partial charge in [0.05, 0.1) is 12.3 Å². The Hall–Kier alpha value is -1.61. The Labute approximate surface area is 130 Å². The van der Waals surface area contributed by atoms with Crippen LogP contribution in [0.15, 0.2) is 22.7 Å². The van der Waals surface area contributed by atoms with E-state index in [2.05, 4.69) is 26.0 Å². The van der Waals surface area contributed by atoms with E-state index in [4.69, 9.17) is 5.73 Å². The van der Waals surface area contributed by atoms with Gasteiger partial charge in [-0.2, -0.15) is 0 Å². The second kappa shape index (κ2) is 7.41. The number of nitrogens with one attached hydrogen (secondary N) is 1. The first-order valence-electron chi connectivity index (χ1n) is 5.94. The predicted molar refractivity (Wildman–Crippen MR) is 82.5 cm³/mol. The molecule has 0 aliphatic carbocycles. The first-order valence-corrected chi connectivity index (χ1v) is 8.56. The van der Waals surface area contributed by atoms with Gasteiger partial charge in [-0.1, -0.05) is 0 Å². The van der Waals surface area contributed by atoms with E-state index in [1.54, 1.807) is 19.1 Å². The molecule has 21 heavy (non-hydrogen) atoms. The normalized spacial score (nSPS) is 11.0. The number of amides is 1. The maximum Gasteiger partial charge on any atom is 0.321 e. The fourth-order valence-electron chi connectivity index (χ4n) is 1.45. The average molecular weight is 379 g/mol. The Bertz CT molecular complexity index is 645. The molecule has 0 fully saturated rings. The summed E-state index contributed by atoms with van der Waals surface area (Å²) in [5, 5.41) is 2.43. The first-order chi connectivity index (χ1) is 9.73. The number of nitrogen functional groups attached to an aromatic ring is 1. The highest BCUT2D eigenvalue weighted by Crippen LogP contribution is 2.24. The summed E-state index contributed by atoms with van der Waals surface area (Å²) in [7, 11) is -3.87. The van der Waals surface area contributed by atoms with Gasteiger partial charge in [0.25, 0.3) is 0 Å². The van der Waals surface area contributed by atoms with Gasteiger partial charge in [-0.3, -0.25) is 9.59 Å². The lowest BCUT2D eigenvalue weighted by Crippen LogP contribution is -2.28. The van der Waals surface area contributed by atoms with Crippen molar-refractivity contribution in [2.45, 2.75) is 6.92 Å². The third-order valence-electron chi connectivity index (χ3n) is 2.26. The number of benzene rings is 1. The van der Waals surface area contributed by atoms with Gasteiger partial charge in [0.1, 0.15) is 11.5 Å². The minimum absolute atomic E-state index is 0.0823. The van der Waals surface area contributed by atoms with Crippen LogP contribution in [0.25, 0.3) is 0 Å². The summed E-state index contributed by atoms with van der Waals surface area (Å²) in [6.07, 6.45) is 0. The molecule has 0 radical (unpaired) electrons. The standard InChI is InChI=1S/C12H15BrN2O5S/c1-2-20-12(17)7-21(18,19)6-11(16)15-10-4-3-8(14)5-9(10)13/h3-5H,2,6-7,14H2,1H3,(H,15,16). The molecular weight excluding hydrogens is 364 g/mol. The fourth-order valence-corrected chi connectivity index (χ4v) is 2.96. The van der Waals surface area contributed by atoms with Gasteiger partial charge in [-0.15, -0.1) is 0 Å². The molecule has 1 rings (SSSR count). The van der Waals surface area contributed by atoms with E-state index in [-0.39, 0.29) is 6.61 Å². The zero-order valence-corrected chi connectivity index (χ0v) is 13.7. The molecule has 116 valence electrons. The number of ether oxygens (including phenoxy) is 1. The van der Waals surface area contributed by atoms with Crippen LogP contribution in [-0.4, -0.2) is 38.4 Å². The SMILES string of the molecule is CCOC(=O)CS(=O)(=O)CC(=O)Nc1ccc(N)cc1Br. The molecule has 0 spiro atoms. The van der Waals surface area contributed by atoms with Crippen LogP contribution in [0.5, 0.6) is 0 Å². The summed E-state index contributed by atoms with van der Waals surface area (Å²) in [5.74, 6) is -3.25. The smallest absolute Gasteiger partial charge is 0.321 e. The summed E-state index contributed by atoms with van der Waals surface area (Å²) >= 11 is 3.20.